The molecule has 1 N–H and O–H groups in total. The zero-order valence-corrected chi connectivity index (χ0v) is 15.0. The number of rotatable bonds is 6. The second kappa shape index (κ2) is 7.00. The Morgan fingerprint density at radius 2 is 2.08 bits per heavy atom. The van der Waals surface area contributed by atoms with Gasteiger partial charge in [0.05, 0.1) is 20.0 Å². The van der Waals surface area contributed by atoms with Gasteiger partial charge in [0, 0.05) is 16.2 Å². The topological polar surface area (TPSA) is 99.1 Å². The van der Waals surface area contributed by atoms with Crippen LogP contribution < -0.4 is 8.92 Å². The Hall–Kier alpha value is -1.77. The molecule has 0 fully saturated rings. The monoisotopic (exact) mass is 376 g/mol. The van der Waals surface area contributed by atoms with Gasteiger partial charge >= 0.3 is 16.1 Å². The average molecular weight is 377 g/mol. The van der Waals surface area contributed by atoms with Crippen molar-refractivity contribution in [2.75, 3.05) is 20.0 Å². The zero-order chi connectivity index (χ0) is 18.1. The highest BCUT2D eigenvalue weighted by molar-refractivity contribution is 7.86. The van der Waals surface area contributed by atoms with Gasteiger partial charge in [-0.25, -0.2) is 4.79 Å². The number of halogens is 1. The normalized spacial score (nSPS) is 14.4. The van der Waals surface area contributed by atoms with Crippen molar-refractivity contribution >= 4 is 27.7 Å². The summed E-state index contributed by atoms with van der Waals surface area (Å²) in [6.07, 6.45) is 2.47. The van der Waals surface area contributed by atoms with Gasteiger partial charge in [-0.2, -0.15) is 8.42 Å². The molecule has 0 aliphatic carbocycles. The molecule has 1 aromatic carbocycles. The molecule has 0 saturated heterocycles. The van der Waals surface area contributed by atoms with Crippen molar-refractivity contribution in [3.63, 3.8) is 0 Å². The van der Waals surface area contributed by atoms with E-state index < -0.39 is 16.1 Å². The maximum absolute atomic E-state index is 12.1. The summed E-state index contributed by atoms with van der Waals surface area (Å²) in [5.41, 5.74) is 1.59. The van der Waals surface area contributed by atoms with E-state index in [1.807, 2.05) is 0 Å². The van der Waals surface area contributed by atoms with Gasteiger partial charge in [-0.1, -0.05) is 17.7 Å². The Labute approximate surface area is 144 Å². The first-order chi connectivity index (χ1) is 11.2. The van der Waals surface area contributed by atoms with Crippen molar-refractivity contribution in [3.05, 3.63) is 33.4 Å². The first-order valence-corrected chi connectivity index (χ1v) is 9.13. The molecule has 24 heavy (non-hydrogen) atoms. The predicted molar refractivity (Wildman–Crippen MR) is 87.0 cm³/mol. The molecule has 0 saturated carbocycles. The van der Waals surface area contributed by atoms with Crippen LogP contribution in [0, 0.1) is 6.92 Å². The SMILES string of the molecule is COc1c(C)c2c(c(OS(C)(=O)=O)c1CC=C(Cl)CO)C(=O)OC2. The first-order valence-electron chi connectivity index (χ1n) is 6.93. The third kappa shape index (κ3) is 3.66. The number of hydrogen-bond acceptors (Lipinski definition) is 7. The molecular weight excluding hydrogens is 360 g/mol. The minimum atomic E-state index is -3.89. The molecular formula is C15H17ClO7S. The van der Waals surface area contributed by atoms with E-state index in [9.17, 15) is 13.2 Å². The van der Waals surface area contributed by atoms with E-state index >= 15 is 0 Å². The Bertz CT molecular complexity index is 812. The summed E-state index contributed by atoms with van der Waals surface area (Å²) in [6, 6.07) is 0. The standard InChI is InChI=1S/C15H17ClO7S/c1-8-11-7-22-15(18)12(11)14(23-24(3,19)20)10(13(8)21-2)5-4-9(16)6-17/h4,17H,5-7H2,1-3H3. The summed E-state index contributed by atoms with van der Waals surface area (Å²) in [5.74, 6) is -0.409. The van der Waals surface area contributed by atoms with E-state index in [1.54, 1.807) is 6.92 Å². The van der Waals surface area contributed by atoms with Crippen LogP contribution in [0.4, 0.5) is 0 Å². The van der Waals surface area contributed by atoms with E-state index in [0.29, 0.717) is 22.4 Å². The molecule has 1 aliphatic heterocycles. The number of esters is 1. The zero-order valence-electron chi connectivity index (χ0n) is 13.4. The van der Waals surface area contributed by atoms with Gasteiger partial charge in [0.15, 0.2) is 5.75 Å². The lowest BCUT2D eigenvalue weighted by Gasteiger charge is -2.18. The number of benzene rings is 1. The number of cyclic esters (lactones) is 1. The molecule has 132 valence electrons. The van der Waals surface area contributed by atoms with E-state index in [1.165, 1.54) is 13.2 Å². The second-order valence-electron chi connectivity index (χ2n) is 5.20. The van der Waals surface area contributed by atoms with Crippen molar-refractivity contribution in [3.8, 4) is 11.5 Å². The van der Waals surface area contributed by atoms with E-state index in [-0.39, 0.29) is 36.0 Å². The van der Waals surface area contributed by atoms with Crippen LogP contribution in [0.2, 0.25) is 0 Å². The van der Waals surface area contributed by atoms with Gasteiger partial charge in [-0.05, 0) is 18.9 Å². The summed E-state index contributed by atoms with van der Waals surface area (Å²) in [7, 11) is -2.46. The quantitative estimate of drug-likeness (QED) is 0.595. The molecule has 0 unspecified atom stereocenters. The van der Waals surface area contributed by atoms with Gasteiger partial charge in [-0.3, -0.25) is 0 Å². The molecule has 0 aromatic heterocycles. The third-order valence-electron chi connectivity index (χ3n) is 3.54. The molecule has 1 heterocycles. The summed E-state index contributed by atoms with van der Waals surface area (Å²) in [4.78, 5) is 12.1. The minimum Gasteiger partial charge on any atom is -0.496 e. The Morgan fingerprint density at radius 3 is 2.62 bits per heavy atom. The number of carbonyl (C=O) groups is 1. The maximum Gasteiger partial charge on any atom is 0.342 e. The van der Waals surface area contributed by atoms with Gasteiger partial charge in [0.2, 0.25) is 0 Å². The number of fused-ring (bicyclic) bond motifs is 1. The van der Waals surface area contributed by atoms with E-state index in [4.69, 9.17) is 30.4 Å². The smallest absolute Gasteiger partial charge is 0.342 e. The molecule has 7 nitrogen and oxygen atoms in total. The fourth-order valence-corrected chi connectivity index (χ4v) is 3.09. The van der Waals surface area contributed by atoms with Crippen LogP contribution >= 0.6 is 11.6 Å². The van der Waals surface area contributed by atoms with Crippen molar-refractivity contribution in [1.82, 2.24) is 0 Å². The van der Waals surface area contributed by atoms with Crippen molar-refractivity contribution in [1.29, 1.82) is 0 Å². The van der Waals surface area contributed by atoms with Crippen LogP contribution in [-0.2, 0) is 27.9 Å². The van der Waals surface area contributed by atoms with Gasteiger partial charge in [0.1, 0.15) is 17.9 Å². The number of carbonyl (C=O) groups excluding carboxylic acids is 1. The molecule has 0 spiro atoms. The highest BCUT2D eigenvalue weighted by Crippen LogP contribution is 2.43. The molecule has 1 aromatic rings. The van der Waals surface area contributed by atoms with Crippen LogP contribution in [-0.4, -0.2) is 39.5 Å². The Balaban J connectivity index is 2.75. The van der Waals surface area contributed by atoms with Crippen LogP contribution in [0.3, 0.4) is 0 Å². The number of ether oxygens (including phenoxy) is 2. The number of hydrogen-bond donors (Lipinski definition) is 1. The third-order valence-corrected chi connectivity index (χ3v) is 4.28. The van der Waals surface area contributed by atoms with Crippen molar-refractivity contribution < 1.29 is 32.0 Å². The maximum atomic E-state index is 12.1. The van der Waals surface area contributed by atoms with Crippen LogP contribution in [0.5, 0.6) is 11.5 Å². The first kappa shape index (κ1) is 18.6. The number of aliphatic hydroxyl groups is 1. The van der Waals surface area contributed by atoms with Crippen molar-refractivity contribution in [2.24, 2.45) is 0 Å². The molecule has 9 heteroatoms. The largest absolute Gasteiger partial charge is 0.496 e. The summed E-state index contributed by atoms with van der Waals surface area (Å²) in [6.45, 7) is 1.40. The predicted octanol–water partition coefficient (Wildman–Crippen LogP) is 1.67. The van der Waals surface area contributed by atoms with E-state index in [2.05, 4.69) is 0 Å². The highest BCUT2D eigenvalue weighted by atomic mass is 35.5. The number of allylic oxidation sites excluding steroid dienone is 1. The molecule has 0 atom stereocenters. The average Bonchev–Trinajstić information content (AvgIpc) is 2.89. The Morgan fingerprint density at radius 1 is 1.42 bits per heavy atom. The van der Waals surface area contributed by atoms with Crippen LogP contribution in [0.25, 0.3) is 0 Å². The summed E-state index contributed by atoms with van der Waals surface area (Å²) >= 11 is 5.80. The second-order valence-corrected chi connectivity index (χ2v) is 7.26. The Kier molecular flexibility index (Phi) is 5.42. The summed E-state index contributed by atoms with van der Waals surface area (Å²) < 4.78 is 38.7. The fourth-order valence-electron chi connectivity index (χ4n) is 2.53. The minimum absolute atomic E-state index is 0.0179. The molecule has 1 aliphatic rings. The van der Waals surface area contributed by atoms with Gasteiger partial charge in [-0.15, -0.1) is 0 Å². The molecule has 2 rings (SSSR count). The van der Waals surface area contributed by atoms with Gasteiger partial charge in [0.25, 0.3) is 0 Å². The lowest BCUT2D eigenvalue weighted by molar-refractivity contribution is 0.0533. The van der Waals surface area contributed by atoms with Crippen LogP contribution in [0.15, 0.2) is 11.1 Å². The lowest BCUT2D eigenvalue weighted by atomic mass is 9.95. The highest BCUT2D eigenvalue weighted by Gasteiger charge is 2.34. The summed E-state index contributed by atoms with van der Waals surface area (Å²) in [5, 5.41) is 9.18. The molecule has 0 amide bonds. The molecule has 0 radical (unpaired) electrons. The van der Waals surface area contributed by atoms with Crippen LogP contribution in [0.1, 0.15) is 27.0 Å². The van der Waals surface area contributed by atoms with Crippen molar-refractivity contribution in [2.45, 2.75) is 20.0 Å². The lowest BCUT2D eigenvalue weighted by Crippen LogP contribution is -2.13. The van der Waals surface area contributed by atoms with E-state index in [0.717, 1.165) is 6.26 Å². The fraction of sp³-hybridized carbons (Fsp3) is 0.400. The van der Waals surface area contributed by atoms with Gasteiger partial charge < -0.3 is 18.8 Å². The number of methoxy groups -OCH3 is 1. The number of aliphatic hydroxyl groups excluding tert-OH is 1. The molecule has 0 bridgehead atoms.